The number of rotatable bonds is 3. The lowest BCUT2D eigenvalue weighted by molar-refractivity contribution is 0.0936. The number of carbonyl (C=O) groups excluding carboxylic acids is 1. The van der Waals surface area contributed by atoms with Gasteiger partial charge in [0.2, 0.25) is 0 Å². The first-order chi connectivity index (χ1) is 15.5. The topological polar surface area (TPSA) is 82.3 Å². The highest BCUT2D eigenvalue weighted by Crippen LogP contribution is 2.34. The van der Waals surface area contributed by atoms with E-state index in [-0.39, 0.29) is 23.3 Å². The molecule has 9 heteroatoms. The number of hydrazone groups is 1. The Morgan fingerprint density at radius 3 is 2.94 bits per heavy atom. The second kappa shape index (κ2) is 8.07. The highest BCUT2D eigenvalue weighted by molar-refractivity contribution is 5.97. The molecule has 0 bridgehead atoms. The summed E-state index contributed by atoms with van der Waals surface area (Å²) in [6.07, 6.45) is 8.44. The van der Waals surface area contributed by atoms with Crippen LogP contribution >= 0.6 is 0 Å². The van der Waals surface area contributed by atoms with E-state index in [2.05, 4.69) is 15.3 Å². The van der Waals surface area contributed by atoms with Gasteiger partial charge in [-0.1, -0.05) is 12.1 Å². The van der Waals surface area contributed by atoms with Crippen LogP contribution in [0.4, 0.5) is 4.39 Å². The maximum Gasteiger partial charge on any atom is 0.252 e. The number of amides is 1. The van der Waals surface area contributed by atoms with Crippen molar-refractivity contribution in [2.24, 2.45) is 17.1 Å². The van der Waals surface area contributed by atoms with Gasteiger partial charge in [-0.05, 0) is 42.7 Å². The number of amidine groups is 1. The zero-order valence-corrected chi connectivity index (χ0v) is 17.6. The van der Waals surface area contributed by atoms with Crippen LogP contribution in [0.5, 0.6) is 0 Å². The standard InChI is InChI=1S/C23H23FN6O2/c1-28-10-7-16(13-21(28)31)23(32)26-18-14-25-30-11-8-20(27-22(18)30)29-9-3-6-19(29)15-4-2-5-17(24)12-15/h2,4-5,7-8,10-14,18-19,22H,3,6,9H2,1H3,(H,26,32)/t18?,19-,22?/m1/s1. The van der Waals surface area contributed by atoms with E-state index in [0.717, 1.165) is 30.8 Å². The highest BCUT2D eigenvalue weighted by atomic mass is 19.1. The van der Waals surface area contributed by atoms with Crippen LogP contribution in [-0.2, 0) is 7.05 Å². The lowest BCUT2D eigenvalue weighted by atomic mass is 10.0. The molecule has 1 amide bonds. The smallest absolute Gasteiger partial charge is 0.252 e. The number of aryl methyl sites for hydroxylation is 1. The summed E-state index contributed by atoms with van der Waals surface area (Å²) in [6, 6.07) is 9.22. The summed E-state index contributed by atoms with van der Waals surface area (Å²) in [7, 11) is 1.63. The predicted molar refractivity (Wildman–Crippen MR) is 119 cm³/mol. The van der Waals surface area contributed by atoms with Crippen LogP contribution in [0.25, 0.3) is 0 Å². The zero-order chi connectivity index (χ0) is 22.2. The second-order valence-corrected chi connectivity index (χ2v) is 8.13. The van der Waals surface area contributed by atoms with Gasteiger partial charge in [0.1, 0.15) is 17.7 Å². The molecule has 4 heterocycles. The number of nitrogens with one attached hydrogen (secondary N) is 1. The van der Waals surface area contributed by atoms with Crippen molar-refractivity contribution in [1.82, 2.24) is 19.8 Å². The fourth-order valence-electron chi connectivity index (χ4n) is 4.35. The number of aromatic nitrogens is 1. The van der Waals surface area contributed by atoms with Gasteiger partial charge in [-0.2, -0.15) is 5.10 Å². The molecule has 5 rings (SSSR count). The summed E-state index contributed by atoms with van der Waals surface area (Å²) < 4.78 is 15.2. The van der Waals surface area contributed by atoms with Gasteiger partial charge in [-0.25, -0.2) is 14.4 Å². The molecule has 1 saturated heterocycles. The number of pyridine rings is 1. The van der Waals surface area contributed by atoms with Crippen LogP contribution in [0, 0.1) is 5.82 Å². The molecular weight excluding hydrogens is 411 g/mol. The maximum absolute atomic E-state index is 13.8. The third kappa shape index (κ3) is 3.70. The Morgan fingerprint density at radius 1 is 1.25 bits per heavy atom. The number of nitrogens with zero attached hydrogens (tertiary/aromatic N) is 5. The zero-order valence-electron chi connectivity index (χ0n) is 17.6. The van der Waals surface area contributed by atoms with Gasteiger partial charge >= 0.3 is 0 Å². The molecule has 8 nitrogen and oxygen atoms in total. The number of hydrogen-bond donors (Lipinski definition) is 1. The molecule has 0 radical (unpaired) electrons. The number of aliphatic imine (C=N–C) groups is 1. The Morgan fingerprint density at radius 2 is 2.12 bits per heavy atom. The van der Waals surface area contributed by atoms with Gasteiger partial charge in [-0.15, -0.1) is 0 Å². The van der Waals surface area contributed by atoms with Crippen LogP contribution in [0.3, 0.4) is 0 Å². The molecule has 164 valence electrons. The molecule has 2 aromatic rings. The summed E-state index contributed by atoms with van der Waals surface area (Å²) >= 11 is 0. The highest BCUT2D eigenvalue weighted by Gasteiger charge is 2.36. The maximum atomic E-state index is 13.8. The Bertz CT molecular complexity index is 1200. The Labute approximate surface area is 184 Å². The molecule has 2 unspecified atom stereocenters. The predicted octanol–water partition coefficient (Wildman–Crippen LogP) is 2.01. The Balaban J connectivity index is 1.35. The summed E-state index contributed by atoms with van der Waals surface area (Å²) in [5.74, 6) is 0.187. The van der Waals surface area contributed by atoms with Crippen LogP contribution in [0.1, 0.15) is 34.8 Å². The average molecular weight is 434 g/mol. The van der Waals surface area contributed by atoms with Crippen LogP contribution in [0.15, 0.2) is 69.8 Å². The Kier molecular flexibility index (Phi) is 5.08. The van der Waals surface area contributed by atoms with Crippen LogP contribution in [0.2, 0.25) is 0 Å². The van der Waals surface area contributed by atoms with E-state index in [1.807, 2.05) is 18.3 Å². The number of carbonyl (C=O) groups is 1. The quantitative estimate of drug-likeness (QED) is 0.801. The number of fused-ring (bicyclic) bond motifs is 1. The third-order valence-corrected chi connectivity index (χ3v) is 6.04. The van der Waals surface area contributed by atoms with Gasteiger partial charge in [-0.3, -0.25) is 9.59 Å². The molecule has 0 saturated carbocycles. The number of benzene rings is 1. The van der Waals surface area contributed by atoms with Crippen LogP contribution in [-0.4, -0.2) is 51.2 Å². The van der Waals surface area contributed by atoms with Crippen molar-refractivity contribution in [1.29, 1.82) is 0 Å². The van der Waals surface area contributed by atoms with Crippen molar-refractivity contribution in [3.63, 3.8) is 0 Å². The first-order valence-electron chi connectivity index (χ1n) is 10.6. The van der Waals surface area contributed by atoms with Gasteiger partial charge in [0.15, 0.2) is 6.17 Å². The number of likely N-dealkylation sites (tertiary alicyclic amines) is 1. The first-order valence-corrected chi connectivity index (χ1v) is 10.6. The molecule has 1 N–H and O–H groups in total. The van der Waals surface area contributed by atoms with Gasteiger partial charge in [0.25, 0.3) is 11.5 Å². The molecule has 1 aromatic heterocycles. The van der Waals surface area contributed by atoms with Crippen LogP contribution < -0.4 is 10.9 Å². The molecule has 0 aliphatic carbocycles. The first kappa shape index (κ1) is 20.2. The number of hydrogen-bond acceptors (Lipinski definition) is 6. The summed E-state index contributed by atoms with van der Waals surface area (Å²) in [6.45, 7) is 0.822. The van der Waals surface area contributed by atoms with Crippen molar-refractivity contribution >= 4 is 18.0 Å². The molecule has 3 atom stereocenters. The number of halogens is 1. The van der Waals surface area contributed by atoms with Gasteiger partial charge < -0.3 is 14.8 Å². The minimum Gasteiger partial charge on any atom is -0.350 e. The van der Waals surface area contributed by atoms with E-state index in [1.165, 1.54) is 16.7 Å². The van der Waals surface area contributed by atoms with E-state index in [9.17, 15) is 14.0 Å². The fourth-order valence-corrected chi connectivity index (χ4v) is 4.35. The molecule has 1 aromatic carbocycles. The molecule has 3 aliphatic heterocycles. The summed E-state index contributed by atoms with van der Waals surface area (Å²) in [5, 5.41) is 8.95. The lowest BCUT2D eigenvalue weighted by Crippen LogP contribution is -2.47. The lowest BCUT2D eigenvalue weighted by Gasteiger charge is -2.32. The summed E-state index contributed by atoms with van der Waals surface area (Å²) in [5.41, 5.74) is 0.970. The van der Waals surface area contributed by atoms with Gasteiger partial charge in [0.05, 0.1) is 12.3 Å². The molecule has 3 aliphatic rings. The molecular formula is C23H23FN6O2. The SMILES string of the molecule is Cn1ccc(C(=O)NC2C=NN3C=CC(N4CCC[C@@H]4c4cccc(F)c4)=NC23)cc1=O. The van der Waals surface area contributed by atoms with Crippen molar-refractivity contribution in [3.8, 4) is 0 Å². The third-order valence-electron chi connectivity index (χ3n) is 6.04. The average Bonchev–Trinajstić information content (AvgIpc) is 3.43. The monoisotopic (exact) mass is 434 g/mol. The second-order valence-electron chi connectivity index (χ2n) is 8.13. The van der Waals surface area contributed by atoms with Crippen molar-refractivity contribution in [3.05, 3.63) is 82.2 Å². The minimum atomic E-state index is -0.443. The van der Waals surface area contributed by atoms with Crippen molar-refractivity contribution in [2.75, 3.05) is 6.54 Å². The largest absolute Gasteiger partial charge is 0.350 e. The normalized spacial score (nSPS) is 23.9. The van der Waals surface area contributed by atoms with E-state index < -0.39 is 12.2 Å². The Hall–Kier alpha value is -3.75. The molecule has 0 spiro atoms. The van der Waals surface area contributed by atoms with Crippen molar-refractivity contribution in [2.45, 2.75) is 31.1 Å². The minimum absolute atomic E-state index is 0.0524. The van der Waals surface area contributed by atoms with E-state index in [0.29, 0.717) is 5.56 Å². The van der Waals surface area contributed by atoms with Crippen molar-refractivity contribution < 1.29 is 9.18 Å². The summed E-state index contributed by atoms with van der Waals surface area (Å²) in [4.78, 5) is 31.6. The van der Waals surface area contributed by atoms with Gasteiger partial charge in [0, 0.05) is 37.6 Å². The molecule has 32 heavy (non-hydrogen) atoms. The van der Waals surface area contributed by atoms with E-state index in [4.69, 9.17) is 4.99 Å². The van der Waals surface area contributed by atoms with E-state index in [1.54, 1.807) is 42.7 Å². The molecule has 1 fully saturated rings. The fraction of sp³-hybridized carbons (Fsp3) is 0.304. The van der Waals surface area contributed by atoms with E-state index >= 15 is 0 Å².